The van der Waals surface area contributed by atoms with Crippen molar-refractivity contribution in [1.29, 1.82) is 0 Å². The zero-order chi connectivity index (χ0) is 20.6. The van der Waals surface area contributed by atoms with Crippen molar-refractivity contribution in [1.82, 2.24) is 10.3 Å². The fourth-order valence-corrected chi connectivity index (χ4v) is 4.14. The number of carbonyl (C=O) groups is 2. The smallest absolute Gasteiger partial charge is 0.340 e. The van der Waals surface area contributed by atoms with Gasteiger partial charge in [-0.2, -0.15) is 0 Å². The number of rotatable bonds is 8. The molecule has 1 heterocycles. The highest BCUT2D eigenvalue weighted by atomic mass is 32.2. The standard InChI is InChI=1S/C22H22N2O3S2/c1-15-7-9-17(10-8-15)11-23-21(25)16(2)27-22(26)19-5-3-4-6-20(19)29-13-18-12-28-14-24-18/h3-10,12,14,16H,11,13H2,1-2H3,(H,23,25). The monoisotopic (exact) mass is 426 g/mol. The number of ether oxygens (including phenoxy) is 1. The van der Waals surface area contributed by atoms with Crippen LogP contribution in [-0.4, -0.2) is 23.0 Å². The Kier molecular flexibility index (Phi) is 7.43. The van der Waals surface area contributed by atoms with Crippen molar-refractivity contribution in [2.24, 2.45) is 0 Å². The van der Waals surface area contributed by atoms with Crippen LogP contribution in [0, 0.1) is 6.92 Å². The fourth-order valence-electron chi connectivity index (χ4n) is 2.54. The minimum atomic E-state index is -0.885. The van der Waals surface area contributed by atoms with Crippen LogP contribution in [0.5, 0.6) is 0 Å². The Balaban J connectivity index is 1.56. The maximum atomic E-state index is 12.6. The second-order valence-corrected chi connectivity index (χ2v) is 8.25. The summed E-state index contributed by atoms with van der Waals surface area (Å²) in [6, 6.07) is 15.1. The SMILES string of the molecule is Cc1ccc(CNC(=O)C(C)OC(=O)c2ccccc2SCc2cscn2)cc1. The van der Waals surface area contributed by atoms with Crippen molar-refractivity contribution in [2.75, 3.05) is 0 Å². The summed E-state index contributed by atoms with van der Waals surface area (Å²) in [5, 5.41) is 4.79. The van der Waals surface area contributed by atoms with Gasteiger partial charge in [0, 0.05) is 22.6 Å². The quantitative estimate of drug-likeness (QED) is 0.421. The van der Waals surface area contributed by atoms with Crippen LogP contribution < -0.4 is 5.32 Å². The summed E-state index contributed by atoms with van der Waals surface area (Å²) in [4.78, 5) is 30.0. The first-order chi connectivity index (χ1) is 14.0. The maximum Gasteiger partial charge on any atom is 0.340 e. The summed E-state index contributed by atoms with van der Waals surface area (Å²) in [5.74, 6) is -0.170. The first kappa shape index (κ1) is 21.1. The molecule has 1 N–H and O–H groups in total. The molecule has 3 aromatic rings. The number of nitrogens with zero attached hydrogens (tertiary/aromatic N) is 1. The van der Waals surface area contributed by atoms with Gasteiger partial charge in [-0.3, -0.25) is 4.79 Å². The number of nitrogens with one attached hydrogen (secondary N) is 1. The Bertz CT molecular complexity index is 956. The lowest BCUT2D eigenvalue weighted by Gasteiger charge is -2.15. The summed E-state index contributed by atoms with van der Waals surface area (Å²) in [5.41, 5.74) is 5.35. The Hall–Kier alpha value is -2.64. The van der Waals surface area contributed by atoms with E-state index in [1.807, 2.05) is 48.7 Å². The molecule has 1 aromatic heterocycles. The Morgan fingerprint density at radius 2 is 1.93 bits per heavy atom. The van der Waals surface area contributed by atoms with Gasteiger partial charge < -0.3 is 10.1 Å². The molecule has 0 saturated carbocycles. The van der Waals surface area contributed by atoms with Gasteiger partial charge in [0.25, 0.3) is 5.91 Å². The topological polar surface area (TPSA) is 68.3 Å². The van der Waals surface area contributed by atoms with Crippen molar-refractivity contribution >= 4 is 35.0 Å². The van der Waals surface area contributed by atoms with Gasteiger partial charge in [0.2, 0.25) is 0 Å². The molecule has 0 aliphatic rings. The number of thiazole rings is 1. The third-order valence-corrected chi connectivity index (χ3v) is 5.95. The van der Waals surface area contributed by atoms with Gasteiger partial charge in [-0.05, 0) is 31.5 Å². The summed E-state index contributed by atoms with van der Waals surface area (Å²) >= 11 is 3.06. The van der Waals surface area contributed by atoms with Crippen molar-refractivity contribution in [3.63, 3.8) is 0 Å². The molecule has 1 amide bonds. The molecule has 150 valence electrons. The highest BCUT2D eigenvalue weighted by Crippen LogP contribution is 2.27. The van der Waals surface area contributed by atoms with Gasteiger partial charge in [-0.1, -0.05) is 42.0 Å². The Morgan fingerprint density at radius 3 is 2.66 bits per heavy atom. The van der Waals surface area contributed by atoms with E-state index in [1.54, 1.807) is 24.6 Å². The lowest BCUT2D eigenvalue weighted by Crippen LogP contribution is -2.35. The van der Waals surface area contributed by atoms with Crippen molar-refractivity contribution in [3.05, 3.63) is 81.8 Å². The van der Waals surface area contributed by atoms with Crippen LogP contribution in [0.2, 0.25) is 0 Å². The molecule has 0 saturated heterocycles. The molecule has 3 rings (SSSR count). The Morgan fingerprint density at radius 1 is 1.17 bits per heavy atom. The average molecular weight is 427 g/mol. The molecular weight excluding hydrogens is 404 g/mol. The van der Waals surface area contributed by atoms with E-state index in [0.29, 0.717) is 17.9 Å². The van der Waals surface area contributed by atoms with E-state index in [2.05, 4.69) is 10.3 Å². The van der Waals surface area contributed by atoms with Gasteiger partial charge in [0.1, 0.15) is 0 Å². The molecule has 0 aliphatic heterocycles. The number of thioether (sulfide) groups is 1. The average Bonchev–Trinajstić information content (AvgIpc) is 3.25. The predicted octanol–water partition coefficient (Wildman–Crippen LogP) is 4.61. The van der Waals surface area contributed by atoms with Gasteiger partial charge in [-0.15, -0.1) is 23.1 Å². The van der Waals surface area contributed by atoms with Gasteiger partial charge in [0.15, 0.2) is 6.10 Å². The summed E-state index contributed by atoms with van der Waals surface area (Å²) < 4.78 is 5.41. The zero-order valence-electron chi connectivity index (χ0n) is 16.3. The second kappa shape index (κ2) is 10.2. The number of hydrogen-bond acceptors (Lipinski definition) is 6. The number of aryl methyl sites for hydroxylation is 1. The number of benzene rings is 2. The van der Waals surface area contributed by atoms with Crippen molar-refractivity contribution in [3.8, 4) is 0 Å². The highest BCUT2D eigenvalue weighted by molar-refractivity contribution is 7.98. The van der Waals surface area contributed by atoms with Crippen LogP contribution in [0.1, 0.15) is 34.1 Å². The van der Waals surface area contributed by atoms with E-state index in [0.717, 1.165) is 21.7 Å². The molecule has 7 heteroatoms. The summed E-state index contributed by atoms with van der Waals surface area (Å²) in [6.07, 6.45) is -0.885. The molecule has 0 aliphatic carbocycles. The molecule has 0 radical (unpaired) electrons. The van der Waals surface area contributed by atoms with E-state index < -0.39 is 12.1 Å². The summed E-state index contributed by atoms with van der Waals surface area (Å²) in [6.45, 7) is 3.98. The third-order valence-electron chi connectivity index (χ3n) is 4.21. The van der Waals surface area contributed by atoms with E-state index in [9.17, 15) is 9.59 Å². The van der Waals surface area contributed by atoms with Crippen molar-refractivity contribution in [2.45, 2.75) is 37.1 Å². The number of aromatic nitrogens is 1. The molecule has 5 nitrogen and oxygen atoms in total. The molecular formula is C22H22N2O3S2. The van der Waals surface area contributed by atoms with E-state index in [4.69, 9.17) is 4.74 Å². The van der Waals surface area contributed by atoms with Crippen LogP contribution in [0.4, 0.5) is 0 Å². The van der Waals surface area contributed by atoms with E-state index in [1.165, 1.54) is 23.1 Å². The Labute approximate surface area is 178 Å². The first-order valence-electron chi connectivity index (χ1n) is 9.16. The molecule has 2 aromatic carbocycles. The van der Waals surface area contributed by atoms with Crippen LogP contribution in [0.25, 0.3) is 0 Å². The number of esters is 1. The van der Waals surface area contributed by atoms with E-state index in [-0.39, 0.29) is 5.91 Å². The van der Waals surface area contributed by atoms with Crippen LogP contribution >= 0.6 is 23.1 Å². The maximum absolute atomic E-state index is 12.6. The van der Waals surface area contributed by atoms with Gasteiger partial charge >= 0.3 is 5.97 Å². The fraction of sp³-hybridized carbons (Fsp3) is 0.227. The lowest BCUT2D eigenvalue weighted by molar-refractivity contribution is -0.129. The highest BCUT2D eigenvalue weighted by Gasteiger charge is 2.20. The van der Waals surface area contributed by atoms with Gasteiger partial charge in [0.05, 0.1) is 16.8 Å². The molecule has 29 heavy (non-hydrogen) atoms. The number of carbonyl (C=O) groups excluding carboxylic acids is 2. The van der Waals surface area contributed by atoms with Crippen LogP contribution in [-0.2, 0) is 21.8 Å². The van der Waals surface area contributed by atoms with Crippen LogP contribution in [0.3, 0.4) is 0 Å². The number of hydrogen-bond donors (Lipinski definition) is 1. The second-order valence-electron chi connectivity index (χ2n) is 6.52. The van der Waals surface area contributed by atoms with Crippen LogP contribution in [0.15, 0.2) is 64.3 Å². The lowest BCUT2D eigenvalue weighted by atomic mass is 10.1. The van der Waals surface area contributed by atoms with Gasteiger partial charge in [-0.25, -0.2) is 9.78 Å². The van der Waals surface area contributed by atoms with E-state index >= 15 is 0 Å². The molecule has 1 unspecified atom stereocenters. The molecule has 0 fully saturated rings. The predicted molar refractivity (Wildman–Crippen MR) is 116 cm³/mol. The molecule has 1 atom stereocenters. The zero-order valence-corrected chi connectivity index (χ0v) is 17.9. The third kappa shape index (κ3) is 6.17. The number of amides is 1. The summed E-state index contributed by atoms with van der Waals surface area (Å²) in [7, 11) is 0. The molecule has 0 bridgehead atoms. The minimum absolute atomic E-state index is 0.327. The molecule has 0 spiro atoms. The largest absolute Gasteiger partial charge is 0.449 e. The van der Waals surface area contributed by atoms with Crippen molar-refractivity contribution < 1.29 is 14.3 Å². The normalized spacial score (nSPS) is 11.7. The first-order valence-corrected chi connectivity index (χ1v) is 11.1. The minimum Gasteiger partial charge on any atom is -0.449 e.